The van der Waals surface area contributed by atoms with Gasteiger partial charge in [-0.2, -0.15) is 0 Å². The summed E-state index contributed by atoms with van der Waals surface area (Å²) in [5.41, 5.74) is 2.96. The molecule has 1 saturated heterocycles. The molecule has 1 aliphatic rings. The van der Waals surface area contributed by atoms with Crippen LogP contribution < -0.4 is 15.5 Å². The molecule has 3 rings (SSSR count). The van der Waals surface area contributed by atoms with E-state index in [0.29, 0.717) is 6.54 Å². The molecule has 5 nitrogen and oxygen atoms in total. The van der Waals surface area contributed by atoms with Gasteiger partial charge >= 0.3 is 6.03 Å². The minimum atomic E-state index is -0.208. The summed E-state index contributed by atoms with van der Waals surface area (Å²) in [6.45, 7) is 4.66. The topological polar surface area (TPSA) is 57.3 Å². The fourth-order valence-corrected chi connectivity index (χ4v) is 3.00. The number of amides is 2. The van der Waals surface area contributed by atoms with Crippen molar-refractivity contribution in [2.24, 2.45) is 0 Å². The van der Waals surface area contributed by atoms with E-state index in [1.165, 1.54) is 31.2 Å². The molecule has 0 atom stereocenters. The molecule has 5 heteroatoms. The summed E-state index contributed by atoms with van der Waals surface area (Å²) in [6.07, 6.45) is 6.96. The zero-order valence-corrected chi connectivity index (χ0v) is 14.8. The molecule has 1 aromatic carbocycles. The average Bonchev–Trinajstić information content (AvgIpc) is 2.92. The van der Waals surface area contributed by atoms with Crippen molar-refractivity contribution < 1.29 is 4.79 Å². The van der Waals surface area contributed by atoms with Crippen molar-refractivity contribution in [3.63, 3.8) is 0 Å². The summed E-state index contributed by atoms with van der Waals surface area (Å²) >= 11 is 0. The average molecular weight is 338 g/mol. The molecular formula is C20H26N4O. The van der Waals surface area contributed by atoms with Crippen LogP contribution in [0.2, 0.25) is 0 Å². The molecular weight excluding hydrogens is 312 g/mol. The van der Waals surface area contributed by atoms with Crippen LogP contribution in [0.5, 0.6) is 0 Å². The predicted molar refractivity (Wildman–Crippen MR) is 102 cm³/mol. The van der Waals surface area contributed by atoms with Gasteiger partial charge in [-0.25, -0.2) is 9.78 Å². The molecule has 1 aromatic heterocycles. The predicted octanol–water partition coefficient (Wildman–Crippen LogP) is 4.09. The molecule has 1 fully saturated rings. The lowest BCUT2D eigenvalue weighted by Crippen LogP contribution is -2.28. The van der Waals surface area contributed by atoms with Crippen LogP contribution in [-0.4, -0.2) is 24.1 Å². The highest BCUT2D eigenvalue weighted by Crippen LogP contribution is 2.17. The third kappa shape index (κ3) is 5.21. The van der Waals surface area contributed by atoms with Crippen LogP contribution in [0, 0.1) is 6.92 Å². The molecule has 2 N–H and O–H groups in total. The van der Waals surface area contributed by atoms with Gasteiger partial charge in [0.2, 0.25) is 0 Å². The van der Waals surface area contributed by atoms with Crippen molar-refractivity contribution >= 4 is 17.5 Å². The number of aryl methyl sites for hydroxylation is 1. The lowest BCUT2D eigenvalue weighted by atomic mass is 10.2. The number of carbonyl (C=O) groups is 1. The number of rotatable bonds is 4. The van der Waals surface area contributed by atoms with E-state index < -0.39 is 0 Å². The number of carbonyl (C=O) groups excluding carboxylic acids is 1. The Kier molecular flexibility index (Phi) is 5.88. The van der Waals surface area contributed by atoms with Crippen LogP contribution in [0.1, 0.15) is 36.8 Å². The Bertz CT molecular complexity index is 674. The van der Waals surface area contributed by atoms with Crippen molar-refractivity contribution in [1.29, 1.82) is 0 Å². The molecule has 0 spiro atoms. The zero-order valence-electron chi connectivity index (χ0n) is 14.8. The van der Waals surface area contributed by atoms with E-state index in [-0.39, 0.29) is 6.03 Å². The van der Waals surface area contributed by atoms with Gasteiger partial charge in [-0.3, -0.25) is 0 Å². The molecule has 2 amide bonds. The first kappa shape index (κ1) is 17.3. The third-order valence-corrected chi connectivity index (χ3v) is 4.50. The van der Waals surface area contributed by atoms with Gasteiger partial charge in [-0.05, 0) is 43.5 Å². The second-order valence-electron chi connectivity index (χ2n) is 6.60. The Hall–Kier alpha value is -2.56. The largest absolute Gasteiger partial charge is 0.357 e. The Morgan fingerprint density at radius 1 is 1.04 bits per heavy atom. The molecule has 0 unspecified atom stereocenters. The lowest BCUT2D eigenvalue weighted by Gasteiger charge is -2.21. The first-order valence-electron chi connectivity index (χ1n) is 9.02. The van der Waals surface area contributed by atoms with E-state index in [0.717, 1.165) is 30.2 Å². The van der Waals surface area contributed by atoms with Gasteiger partial charge in [0.25, 0.3) is 0 Å². The van der Waals surface area contributed by atoms with Crippen LogP contribution in [0.4, 0.5) is 16.3 Å². The van der Waals surface area contributed by atoms with Gasteiger partial charge in [0.1, 0.15) is 5.82 Å². The summed E-state index contributed by atoms with van der Waals surface area (Å²) < 4.78 is 0. The van der Waals surface area contributed by atoms with E-state index in [9.17, 15) is 4.79 Å². The minimum absolute atomic E-state index is 0.208. The number of anilines is 2. The molecule has 0 bridgehead atoms. The van der Waals surface area contributed by atoms with Crippen molar-refractivity contribution in [3.05, 3.63) is 53.7 Å². The van der Waals surface area contributed by atoms with Gasteiger partial charge in [0.05, 0.1) is 0 Å². The Morgan fingerprint density at radius 2 is 1.76 bits per heavy atom. The highest BCUT2D eigenvalue weighted by atomic mass is 16.2. The molecule has 2 heterocycles. The zero-order chi connectivity index (χ0) is 17.5. The molecule has 132 valence electrons. The fourth-order valence-electron chi connectivity index (χ4n) is 3.00. The molecule has 2 aromatic rings. The number of hydrogen-bond donors (Lipinski definition) is 2. The number of urea groups is 1. The second kappa shape index (κ2) is 8.51. The SMILES string of the molecule is Cc1ccc(NC(=O)NCc2ccc(N3CCCCCC3)nc2)cc1. The highest BCUT2D eigenvalue weighted by Gasteiger charge is 2.11. The van der Waals surface area contributed by atoms with Crippen LogP contribution in [0.25, 0.3) is 0 Å². The van der Waals surface area contributed by atoms with Gasteiger partial charge in [0, 0.05) is 31.5 Å². The van der Waals surface area contributed by atoms with Gasteiger partial charge in [0.15, 0.2) is 0 Å². The maximum absolute atomic E-state index is 12.0. The van der Waals surface area contributed by atoms with Crippen LogP contribution in [0.15, 0.2) is 42.6 Å². The van der Waals surface area contributed by atoms with E-state index >= 15 is 0 Å². The molecule has 0 radical (unpaired) electrons. The van der Waals surface area contributed by atoms with E-state index in [4.69, 9.17) is 0 Å². The summed E-state index contributed by atoms with van der Waals surface area (Å²) in [4.78, 5) is 18.9. The van der Waals surface area contributed by atoms with E-state index in [2.05, 4.69) is 26.6 Å². The van der Waals surface area contributed by atoms with Gasteiger partial charge in [-0.15, -0.1) is 0 Å². The normalized spacial score (nSPS) is 14.7. The first-order chi connectivity index (χ1) is 12.2. The third-order valence-electron chi connectivity index (χ3n) is 4.50. The number of aromatic nitrogens is 1. The first-order valence-corrected chi connectivity index (χ1v) is 9.02. The maximum Gasteiger partial charge on any atom is 0.319 e. The Labute approximate surface area is 149 Å². The van der Waals surface area contributed by atoms with E-state index in [1.54, 1.807) is 0 Å². The minimum Gasteiger partial charge on any atom is -0.357 e. The number of benzene rings is 1. The Morgan fingerprint density at radius 3 is 2.40 bits per heavy atom. The number of nitrogens with zero attached hydrogens (tertiary/aromatic N) is 2. The second-order valence-corrected chi connectivity index (χ2v) is 6.60. The molecule has 25 heavy (non-hydrogen) atoms. The molecule has 0 saturated carbocycles. The van der Waals surface area contributed by atoms with Crippen molar-refractivity contribution in [2.45, 2.75) is 39.2 Å². The summed E-state index contributed by atoms with van der Waals surface area (Å²) in [5.74, 6) is 1.04. The van der Waals surface area contributed by atoms with Gasteiger partial charge in [-0.1, -0.05) is 36.6 Å². The van der Waals surface area contributed by atoms with Crippen molar-refractivity contribution in [1.82, 2.24) is 10.3 Å². The quantitative estimate of drug-likeness (QED) is 0.883. The van der Waals surface area contributed by atoms with Crippen molar-refractivity contribution in [3.8, 4) is 0 Å². The van der Waals surface area contributed by atoms with Crippen LogP contribution >= 0.6 is 0 Å². The summed E-state index contributed by atoms with van der Waals surface area (Å²) in [7, 11) is 0. The summed E-state index contributed by atoms with van der Waals surface area (Å²) in [5, 5.41) is 5.70. The number of pyridine rings is 1. The van der Waals surface area contributed by atoms with Crippen molar-refractivity contribution in [2.75, 3.05) is 23.3 Å². The fraction of sp³-hybridized carbons (Fsp3) is 0.400. The van der Waals surface area contributed by atoms with Gasteiger partial charge < -0.3 is 15.5 Å². The Balaban J connectivity index is 1.49. The molecule has 0 aliphatic carbocycles. The maximum atomic E-state index is 12.0. The number of hydrogen-bond acceptors (Lipinski definition) is 3. The number of nitrogens with one attached hydrogen (secondary N) is 2. The standard InChI is InChI=1S/C20H26N4O/c1-16-6-9-18(10-7-16)23-20(25)22-15-17-8-11-19(21-14-17)24-12-4-2-3-5-13-24/h6-11,14H,2-5,12-13,15H2,1H3,(H2,22,23,25). The van der Waals surface area contributed by atoms with E-state index in [1.807, 2.05) is 43.5 Å². The van der Waals surface area contributed by atoms with Crippen LogP contribution in [-0.2, 0) is 6.54 Å². The lowest BCUT2D eigenvalue weighted by molar-refractivity contribution is 0.251. The smallest absolute Gasteiger partial charge is 0.319 e. The summed E-state index contributed by atoms with van der Waals surface area (Å²) in [6, 6.07) is 11.6. The monoisotopic (exact) mass is 338 g/mol. The molecule has 1 aliphatic heterocycles. The van der Waals surface area contributed by atoms with Crippen LogP contribution in [0.3, 0.4) is 0 Å². The highest BCUT2D eigenvalue weighted by molar-refractivity contribution is 5.89.